The molecule has 4 aromatic rings. The molecule has 0 radical (unpaired) electrons. The molecule has 9 heteroatoms. The number of anilines is 2. The van der Waals surface area contributed by atoms with Gasteiger partial charge in [-0.05, 0) is 35.4 Å². The smallest absolute Gasteiger partial charge is 0.418 e. The molecule has 0 aliphatic heterocycles. The molecule has 3 nitrogen and oxygen atoms in total. The second kappa shape index (κ2) is 15.4. The van der Waals surface area contributed by atoms with Crippen molar-refractivity contribution in [2.45, 2.75) is 0 Å². The fourth-order valence-corrected chi connectivity index (χ4v) is 2.33. The summed E-state index contributed by atoms with van der Waals surface area (Å²) in [5.74, 6) is 1.61. The van der Waals surface area contributed by atoms with E-state index in [1.165, 1.54) is 11.1 Å². The minimum Gasteiger partial charge on any atom is -0.418 e. The van der Waals surface area contributed by atoms with Crippen molar-refractivity contribution in [3.8, 4) is 0 Å². The summed E-state index contributed by atoms with van der Waals surface area (Å²) in [6, 6.07) is 32.0. The maximum atomic E-state index is 9.75. The van der Waals surface area contributed by atoms with E-state index in [0.29, 0.717) is 0 Å². The van der Waals surface area contributed by atoms with Gasteiger partial charge in [0.2, 0.25) is 0 Å². The van der Waals surface area contributed by atoms with Crippen molar-refractivity contribution in [3.05, 3.63) is 121 Å². The Morgan fingerprint density at radius 1 is 0.545 bits per heavy atom. The molecule has 1 N–H and O–H groups in total. The van der Waals surface area contributed by atoms with Gasteiger partial charge in [0.15, 0.2) is 0 Å². The minimum atomic E-state index is -6.00. The first-order valence-corrected chi connectivity index (χ1v) is 9.65. The van der Waals surface area contributed by atoms with Crippen LogP contribution < -0.4 is 5.32 Å². The third kappa shape index (κ3) is 14.3. The zero-order valence-corrected chi connectivity index (χ0v) is 18.3. The molecule has 2 aromatic heterocycles. The van der Waals surface area contributed by atoms with Gasteiger partial charge in [-0.15, -0.1) is 0 Å². The largest absolute Gasteiger partial charge is 1.00 e. The number of nitrogens with zero attached hydrogens (tertiary/aromatic N) is 2. The van der Waals surface area contributed by atoms with Crippen LogP contribution >= 0.6 is 0 Å². The van der Waals surface area contributed by atoms with Crippen molar-refractivity contribution >= 4 is 31.0 Å². The Labute approximate surface area is 201 Å². The number of pyridine rings is 2. The van der Waals surface area contributed by atoms with Gasteiger partial charge in [-0.1, -0.05) is 84.9 Å². The number of hydrogen-bond acceptors (Lipinski definition) is 3. The van der Waals surface area contributed by atoms with Gasteiger partial charge in [-0.3, -0.25) is 0 Å². The molecule has 0 unspecified atom stereocenters. The minimum absolute atomic E-state index is 0. The van der Waals surface area contributed by atoms with Crippen molar-refractivity contribution in [1.29, 1.82) is 0 Å². The Hall–Kier alpha value is -3.42. The van der Waals surface area contributed by atoms with E-state index in [4.69, 9.17) is 0 Å². The molecule has 0 bridgehead atoms. The van der Waals surface area contributed by atoms with Gasteiger partial charge < -0.3 is 22.6 Å². The van der Waals surface area contributed by atoms with E-state index >= 15 is 0 Å². The molecule has 2 heterocycles. The van der Waals surface area contributed by atoms with Crippen molar-refractivity contribution in [3.63, 3.8) is 0 Å². The van der Waals surface area contributed by atoms with Gasteiger partial charge >= 0.3 is 24.3 Å². The van der Waals surface area contributed by atoms with Crippen LogP contribution in [0, 0.1) is 0 Å². The molecule has 4 rings (SSSR count). The number of hydrogen-bond donors (Lipinski definition) is 1. The van der Waals surface area contributed by atoms with Crippen molar-refractivity contribution < 1.29 is 34.3 Å². The van der Waals surface area contributed by atoms with Gasteiger partial charge in [0, 0.05) is 12.4 Å². The first-order chi connectivity index (χ1) is 15.4. The fourth-order valence-electron chi connectivity index (χ4n) is 2.33. The Morgan fingerprint density at radius 3 is 1.18 bits per heavy atom. The second-order valence-corrected chi connectivity index (χ2v) is 6.20. The Morgan fingerprint density at radius 2 is 0.879 bits per heavy atom. The molecule has 0 spiro atoms. The predicted molar refractivity (Wildman–Crippen MR) is 124 cm³/mol. The summed E-state index contributed by atoms with van der Waals surface area (Å²) in [6.07, 6.45) is 7.72. The third-order valence-electron chi connectivity index (χ3n) is 3.65. The quantitative estimate of drug-likeness (QED) is 0.180. The normalized spacial score (nSPS) is 10.1. The Kier molecular flexibility index (Phi) is 12.9. The number of halogens is 4. The summed E-state index contributed by atoms with van der Waals surface area (Å²) >= 11 is 0. The molecule has 0 saturated carbocycles. The van der Waals surface area contributed by atoms with Crippen LogP contribution in [0.25, 0.3) is 12.2 Å². The zero-order chi connectivity index (χ0) is 23.1. The summed E-state index contributed by atoms with van der Waals surface area (Å²) in [7, 11) is -6.00. The van der Waals surface area contributed by atoms with Crippen LogP contribution in [0.2, 0.25) is 0 Å². The summed E-state index contributed by atoms with van der Waals surface area (Å²) in [5.41, 5.74) is 2.47. The fraction of sp³-hybridized carbons (Fsp3) is 0. The van der Waals surface area contributed by atoms with Gasteiger partial charge in [0.05, 0.1) is 0 Å². The molecule has 0 aliphatic rings. The number of benzene rings is 2. The Bertz CT molecular complexity index is 952. The predicted octanol–water partition coefficient (Wildman–Crippen LogP) is 7.37. The van der Waals surface area contributed by atoms with E-state index in [0.717, 1.165) is 11.6 Å². The van der Waals surface area contributed by atoms with E-state index < -0.39 is 7.25 Å². The number of rotatable bonds is 4. The topological polar surface area (TPSA) is 37.8 Å². The van der Waals surface area contributed by atoms with E-state index in [9.17, 15) is 17.3 Å². The van der Waals surface area contributed by atoms with Crippen LogP contribution in [0.5, 0.6) is 0 Å². The third-order valence-corrected chi connectivity index (χ3v) is 3.65. The van der Waals surface area contributed by atoms with Crippen molar-refractivity contribution in [1.82, 2.24) is 9.97 Å². The van der Waals surface area contributed by atoms with Gasteiger partial charge in [-0.25, -0.2) is 9.97 Å². The molecule has 0 atom stereocenters. The molecule has 2 aromatic carbocycles. The maximum Gasteiger partial charge on any atom is 1.00 e. The summed E-state index contributed by atoms with van der Waals surface area (Å²) in [5, 5.41) is 3.08. The molecule has 0 saturated heterocycles. The van der Waals surface area contributed by atoms with Crippen LogP contribution in [0.3, 0.4) is 0 Å². The van der Waals surface area contributed by atoms with E-state index in [-0.39, 0.29) is 17.1 Å². The number of nitrogens with one attached hydrogen (secondary N) is 1. The SMILES string of the molecule is C(=C/c1ccccc1)/c1ccccc1.F[B-](F)(F)F.[Cu+].c1ccc(Nc2ccccn2)nc1. The maximum absolute atomic E-state index is 9.75. The summed E-state index contributed by atoms with van der Waals surface area (Å²) in [4.78, 5) is 8.25. The number of aromatic nitrogens is 2. The molecule has 33 heavy (non-hydrogen) atoms. The first-order valence-electron chi connectivity index (χ1n) is 9.65. The van der Waals surface area contributed by atoms with Crippen LogP contribution in [0.1, 0.15) is 11.1 Å². The monoisotopic (exact) mass is 501 g/mol. The molecular formula is C24H21BCuF4N3. The van der Waals surface area contributed by atoms with E-state index in [2.05, 4.69) is 51.7 Å². The van der Waals surface area contributed by atoms with Crippen LogP contribution in [-0.4, -0.2) is 17.2 Å². The summed E-state index contributed by atoms with van der Waals surface area (Å²) in [6.45, 7) is 0. The second-order valence-electron chi connectivity index (χ2n) is 6.20. The van der Waals surface area contributed by atoms with Crippen molar-refractivity contribution in [2.75, 3.05) is 5.32 Å². The molecular weight excluding hydrogens is 481 g/mol. The zero-order valence-electron chi connectivity index (χ0n) is 17.3. The van der Waals surface area contributed by atoms with Gasteiger partial charge in [0.25, 0.3) is 0 Å². The standard InChI is InChI=1S/C14H12.C10H9N3.BF4.Cu/c1-3-7-13(8-4-1)11-12-14-9-5-2-6-10-14;1-3-7-11-9(5-1)13-10-6-2-4-8-12-10;2-1(3,4)5;/h1-12H;1-8H,(H,11,12,13);;/q;;-1;+1/b12-11-;;;. The first kappa shape index (κ1) is 27.6. The summed E-state index contributed by atoms with van der Waals surface area (Å²) < 4.78 is 39.0. The average molecular weight is 502 g/mol. The van der Waals surface area contributed by atoms with Crippen LogP contribution in [0.15, 0.2) is 109 Å². The van der Waals surface area contributed by atoms with Gasteiger partial charge in [-0.2, -0.15) is 0 Å². The molecule has 0 aliphatic carbocycles. The van der Waals surface area contributed by atoms with E-state index in [1.807, 2.05) is 72.8 Å². The molecule has 174 valence electrons. The van der Waals surface area contributed by atoms with Crippen molar-refractivity contribution in [2.24, 2.45) is 0 Å². The molecule has 0 amide bonds. The average Bonchev–Trinajstić information content (AvgIpc) is 2.80. The van der Waals surface area contributed by atoms with E-state index in [1.54, 1.807) is 12.4 Å². The van der Waals surface area contributed by atoms with Crippen LogP contribution in [0.4, 0.5) is 28.9 Å². The van der Waals surface area contributed by atoms with Crippen LogP contribution in [-0.2, 0) is 17.1 Å². The Balaban J connectivity index is 0.000000269. The van der Waals surface area contributed by atoms with Gasteiger partial charge in [0.1, 0.15) is 11.6 Å². The molecule has 0 fully saturated rings.